The number of anilines is 2. The standard InChI is InChI=1S/C19H19F2N3O4.C2H6/c1-10-3-4-13(12(20)7-10)22-17-15-14(23(2)19(28)16(17)21)5-6-24(18(15)27)8-11(26)9-25;1-2/h3-7,11,22,25-26H,8-9H2,1-2H3;1-2H3. The molecule has 0 aliphatic carbocycles. The Morgan fingerprint density at radius 2 is 1.80 bits per heavy atom. The summed E-state index contributed by atoms with van der Waals surface area (Å²) in [5, 5.41) is 21.0. The van der Waals surface area contributed by atoms with Gasteiger partial charge in [-0.3, -0.25) is 9.59 Å². The number of aryl methyl sites for hydroxylation is 2. The number of pyridine rings is 2. The van der Waals surface area contributed by atoms with Crippen molar-refractivity contribution in [3.8, 4) is 0 Å². The first kappa shape index (κ1) is 23.2. The van der Waals surface area contributed by atoms with E-state index < -0.39 is 41.2 Å². The maximum Gasteiger partial charge on any atom is 0.289 e. The van der Waals surface area contributed by atoms with Crippen LogP contribution in [0.15, 0.2) is 40.1 Å². The van der Waals surface area contributed by atoms with E-state index in [1.807, 2.05) is 13.8 Å². The van der Waals surface area contributed by atoms with Gasteiger partial charge in [-0.2, -0.15) is 4.39 Å². The third kappa shape index (κ3) is 4.42. The van der Waals surface area contributed by atoms with Crippen LogP contribution >= 0.6 is 0 Å². The molecule has 7 nitrogen and oxygen atoms in total. The molecule has 3 N–H and O–H groups in total. The summed E-state index contributed by atoms with van der Waals surface area (Å²) >= 11 is 0. The molecule has 2 heterocycles. The molecule has 0 spiro atoms. The number of aliphatic hydroxyl groups is 2. The smallest absolute Gasteiger partial charge is 0.289 e. The highest BCUT2D eigenvalue weighted by Gasteiger charge is 2.20. The fourth-order valence-electron chi connectivity index (χ4n) is 2.95. The highest BCUT2D eigenvalue weighted by molar-refractivity contribution is 5.92. The first-order valence-corrected chi connectivity index (χ1v) is 9.48. The Morgan fingerprint density at radius 3 is 2.40 bits per heavy atom. The molecule has 0 aliphatic rings. The molecule has 9 heteroatoms. The van der Waals surface area contributed by atoms with Gasteiger partial charge in [-0.05, 0) is 30.7 Å². The van der Waals surface area contributed by atoms with Crippen molar-refractivity contribution in [2.45, 2.75) is 33.4 Å². The SMILES string of the molecule is CC.Cc1ccc(Nc2c(F)c(=O)n(C)c3ccn(CC(O)CO)c(=O)c23)c(F)c1. The van der Waals surface area contributed by atoms with Crippen LogP contribution in [-0.2, 0) is 13.6 Å². The molecule has 0 saturated carbocycles. The summed E-state index contributed by atoms with van der Waals surface area (Å²) in [5.74, 6) is -1.90. The second-order valence-corrected chi connectivity index (χ2v) is 6.53. The normalized spacial score (nSPS) is 11.7. The molecule has 3 aromatic rings. The zero-order valence-electron chi connectivity index (χ0n) is 17.2. The molecular formula is C21H25F2N3O4. The van der Waals surface area contributed by atoms with Gasteiger partial charge in [-0.25, -0.2) is 4.39 Å². The third-order valence-corrected chi connectivity index (χ3v) is 4.47. The zero-order valence-corrected chi connectivity index (χ0v) is 17.2. The molecule has 0 amide bonds. The van der Waals surface area contributed by atoms with E-state index in [0.717, 1.165) is 9.13 Å². The lowest BCUT2D eigenvalue weighted by Gasteiger charge is -2.16. The molecule has 0 bridgehead atoms. The largest absolute Gasteiger partial charge is 0.394 e. The number of hydrogen-bond acceptors (Lipinski definition) is 5. The second-order valence-electron chi connectivity index (χ2n) is 6.53. The maximum absolute atomic E-state index is 14.8. The summed E-state index contributed by atoms with van der Waals surface area (Å²) in [5.41, 5.74) is -1.42. The predicted molar refractivity (Wildman–Crippen MR) is 112 cm³/mol. The van der Waals surface area contributed by atoms with Crippen LogP contribution in [0.2, 0.25) is 0 Å². The van der Waals surface area contributed by atoms with Crippen LogP contribution < -0.4 is 16.4 Å². The van der Waals surface area contributed by atoms with Crippen molar-refractivity contribution >= 4 is 22.3 Å². The van der Waals surface area contributed by atoms with Gasteiger partial charge in [-0.15, -0.1) is 0 Å². The summed E-state index contributed by atoms with van der Waals surface area (Å²) in [6, 6.07) is 5.63. The molecule has 3 rings (SSSR count). The van der Waals surface area contributed by atoms with Gasteiger partial charge in [0.25, 0.3) is 11.1 Å². The van der Waals surface area contributed by atoms with Crippen molar-refractivity contribution < 1.29 is 19.0 Å². The topological polar surface area (TPSA) is 96.5 Å². The minimum Gasteiger partial charge on any atom is -0.394 e. The minimum absolute atomic E-state index is 0.0933. The molecule has 30 heavy (non-hydrogen) atoms. The number of halogens is 2. The van der Waals surface area contributed by atoms with Gasteiger partial charge < -0.3 is 24.7 Å². The quantitative estimate of drug-likeness (QED) is 0.588. The van der Waals surface area contributed by atoms with E-state index in [-0.39, 0.29) is 23.1 Å². The number of benzene rings is 1. The molecule has 1 atom stereocenters. The lowest BCUT2D eigenvalue weighted by atomic mass is 10.1. The van der Waals surface area contributed by atoms with Crippen LogP contribution in [0.5, 0.6) is 0 Å². The number of rotatable bonds is 5. The molecule has 0 saturated heterocycles. The Bertz CT molecular complexity index is 1170. The van der Waals surface area contributed by atoms with Gasteiger partial charge in [0.15, 0.2) is 0 Å². The Morgan fingerprint density at radius 1 is 1.13 bits per heavy atom. The molecular weight excluding hydrogens is 396 g/mol. The average molecular weight is 421 g/mol. The van der Waals surface area contributed by atoms with Crippen molar-refractivity contribution in [3.63, 3.8) is 0 Å². The monoisotopic (exact) mass is 421 g/mol. The summed E-state index contributed by atoms with van der Waals surface area (Å²) in [6.07, 6.45) is 0.135. The molecule has 0 fully saturated rings. The number of nitrogens with zero attached hydrogens (tertiary/aromatic N) is 2. The van der Waals surface area contributed by atoms with Crippen LogP contribution in [0, 0.1) is 18.6 Å². The molecule has 2 aromatic heterocycles. The van der Waals surface area contributed by atoms with E-state index in [0.29, 0.717) is 5.56 Å². The van der Waals surface area contributed by atoms with E-state index in [2.05, 4.69) is 5.32 Å². The summed E-state index contributed by atoms with van der Waals surface area (Å²) in [7, 11) is 1.32. The van der Waals surface area contributed by atoms with Gasteiger partial charge in [0, 0.05) is 13.2 Å². The maximum atomic E-state index is 14.8. The first-order valence-electron chi connectivity index (χ1n) is 9.48. The first-order chi connectivity index (χ1) is 14.2. The van der Waals surface area contributed by atoms with E-state index in [4.69, 9.17) is 5.11 Å². The molecule has 0 radical (unpaired) electrons. The Kier molecular flexibility index (Phi) is 7.47. The summed E-state index contributed by atoms with van der Waals surface area (Å²) in [4.78, 5) is 25.1. The molecule has 162 valence electrons. The van der Waals surface area contributed by atoms with Crippen molar-refractivity contribution in [1.29, 1.82) is 0 Å². The number of aliphatic hydroxyl groups excluding tert-OH is 2. The third-order valence-electron chi connectivity index (χ3n) is 4.47. The van der Waals surface area contributed by atoms with Gasteiger partial charge >= 0.3 is 0 Å². The highest BCUT2D eigenvalue weighted by Crippen LogP contribution is 2.27. The van der Waals surface area contributed by atoms with Crippen molar-refractivity contribution in [1.82, 2.24) is 9.13 Å². The van der Waals surface area contributed by atoms with Gasteiger partial charge in [0.05, 0.1) is 41.5 Å². The number of nitrogens with one attached hydrogen (secondary N) is 1. The zero-order chi connectivity index (χ0) is 22.6. The fourth-order valence-corrected chi connectivity index (χ4v) is 2.95. The van der Waals surface area contributed by atoms with Gasteiger partial charge in [0.2, 0.25) is 5.82 Å². The fraction of sp³-hybridized carbons (Fsp3) is 0.333. The molecule has 0 aliphatic heterocycles. The van der Waals surface area contributed by atoms with Crippen LogP contribution in [-0.4, -0.2) is 32.1 Å². The van der Waals surface area contributed by atoms with Gasteiger partial charge in [-0.1, -0.05) is 19.9 Å². The Labute approximate surface area is 171 Å². The molecule has 1 unspecified atom stereocenters. The van der Waals surface area contributed by atoms with Gasteiger partial charge in [0.1, 0.15) is 5.82 Å². The van der Waals surface area contributed by atoms with E-state index >= 15 is 0 Å². The lowest BCUT2D eigenvalue weighted by molar-refractivity contribution is 0.0805. The van der Waals surface area contributed by atoms with Crippen molar-refractivity contribution in [2.24, 2.45) is 7.05 Å². The van der Waals surface area contributed by atoms with Crippen LogP contribution in [0.4, 0.5) is 20.2 Å². The highest BCUT2D eigenvalue weighted by atomic mass is 19.1. The van der Waals surface area contributed by atoms with Crippen LogP contribution in [0.3, 0.4) is 0 Å². The van der Waals surface area contributed by atoms with E-state index in [1.165, 1.54) is 31.4 Å². The second kappa shape index (κ2) is 9.64. The number of fused-ring (bicyclic) bond motifs is 1. The van der Waals surface area contributed by atoms with Crippen LogP contribution in [0.1, 0.15) is 19.4 Å². The summed E-state index contributed by atoms with van der Waals surface area (Å²) < 4.78 is 31.1. The van der Waals surface area contributed by atoms with E-state index in [1.54, 1.807) is 13.0 Å². The van der Waals surface area contributed by atoms with E-state index in [9.17, 15) is 23.5 Å². The Balaban J connectivity index is 0.00000155. The van der Waals surface area contributed by atoms with Crippen LogP contribution in [0.25, 0.3) is 10.9 Å². The summed E-state index contributed by atoms with van der Waals surface area (Å²) in [6.45, 7) is 4.89. The average Bonchev–Trinajstić information content (AvgIpc) is 2.74. The van der Waals surface area contributed by atoms with Crippen molar-refractivity contribution in [2.75, 3.05) is 11.9 Å². The lowest BCUT2D eigenvalue weighted by Crippen LogP contribution is -2.31. The number of hydrogen-bond donors (Lipinski definition) is 3. The molecule has 1 aromatic carbocycles. The predicted octanol–water partition coefficient (Wildman–Crippen LogP) is 2.41. The Hall–Kier alpha value is -3.04. The number of aromatic nitrogens is 2. The minimum atomic E-state index is -1.23. The van der Waals surface area contributed by atoms with Crippen molar-refractivity contribution in [3.05, 3.63) is 68.4 Å².